The van der Waals surface area contributed by atoms with E-state index in [1.54, 1.807) is 24.3 Å². The maximum Gasteiger partial charge on any atom is 0.308 e. The number of rotatable bonds is 3. The molecule has 0 aromatic heterocycles. The molecule has 0 atom stereocenters. The molecule has 1 aromatic rings. The molecular weight excluding hydrogens is 206 g/mol. The monoisotopic (exact) mass is 217 g/mol. The third kappa shape index (κ3) is 3.14. The van der Waals surface area contributed by atoms with E-state index in [0.29, 0.717) is 0 Å². The van der Waals surface area contributed by atoms with Crippen LogP contribution in [-0.2, 0) is 4.79 Å². The highest BCUT2D eigenvalue weighted by molar-refractivity contribution is 5.97. The fraction of sp³-hybridized carbons (Fsp3) is 0.167. The van der Waals surface area contributed by atoms with Crippen LogP contribution in [-0.4, -0.2) is 18.4 Å². The zero-order valence-corrected chi connectivity index (χ0v) is 8.82. The number of hydrogen-bond acceptors (Lipinski definition) is 3. The van der Waals surface area contributed by atoms with E-state index in [9.17, 15) is 9.59 Å². The second kappa shape index (κ2) is 5.56. The highest BCUT2D eigenvalue weighted by Gasteiger charge is 2.12. The van der Waals surface area contributed by atoms with Crippen LogP contribution in [0.4, 0.5) is 0 Å². The number of para-hydroxylation sites is 1. The summed E-state index contributed by atoms with van der Waals surface area (Å²) in [6.45, 7) is 1.41. The van der Waals surface area contributed by atoms with Crippen molar-refractivity contribution in [2.45, 2.75) is 6.92 Å². The van der Waals surface area contributed by atoms with E-state index in [1.807, 2.05) is 0 Å². The second-order valence-electron chi connectivity index (χ2n) is 2.98. The van der Waals surface area contributed by atoms with Crippen LogP contribution >= 0.6 is 0 Å². The molecule has 16 heavy (non-hydrogen) atoms. The molecule has 0 radical (unpaired) electrons. The maximum absolute atomic E-state index is 11.6. The molecule has 0 aliphatic rings. The number of ether oxygens (including phenoxy) is 1. The zero-order valence-electron chi connectivity index (χ0n) is 8.82. The van der Waals surface area contributed by atoms with Crippen LogP contribution in [0.25, 0.3) is 0 Å². The van der Waals surface area contributed by atoms with Gasteiger partial charge in [-0.1, -0.05) is 18.1 Å². The smallest absolute Gasteiger partial charge is 0.308 e. The first-order chi connectivity index (χ1) is 7.65. The minimum atomic E-state index is -0.475. The third-order valence-corrected chi connectivity index (χ3v) is 1.74. The Morgan fingerprint density at radius 1 is 1.44 bits per heavy atom. The quantitative estimate of drug-likeness (QED) is 0.466. The van der Waals surface area contributed by atoms with Gasteiger partial charge >= 0.3 is 5.97 Å². The average Bonchev–Trinajstić information content (AvgIpc) is 2.26. The lowest BCUT2D eigenvalue weighted by Crippen LogP contribution is -2.24. The van der Waals surface area contributed by atoms with E-state index in [1.165, 1.54) is 6.92 Å². The van der Waals surface area contributed by atoms with Gasteiger partial charge in [-0.05, 0) is 12.1 Å². The molecule has 1 amide bonds. The van der Waals surface area contributed by atoms with Crippen LogP contribution in [0.2, 0.25) is 0 Å². The Kier molecular flexibility index (Phi) is 4.10. The van der Waals surface area contributed by atoms with Crippen LogP contribution in [0.1, 0.15) is 17.3 Å². The number of carbonyl (C=O) groups excluding carboxylic acids is 2. The van der Waals surface area contributed by atoms with Crippen LogP contribution in [0.3, 0.4) is 0 Å². The van der Waals surface area contributed by atoms with Gasteiger partial charge in [0.25, 0.3) is 5.91 Å². The number of benzene rings is 1. The standard InChI is InChI=1S/C12H11NO3/c1-3-8-13-12(15)10-6-4-5-7-11(10)16-9(2)14/h1,4-7H,8H2,2H3,(H,13,15). The minimum absolute atomic E-state index is 0.132. The summed E-state index contributed by atoms with van der Waals surface area (Å²) in [6.07, 6.45) is 5.02. The Hall–Kier alpha value is -2.28. The van der Waals surface area contributed by atoms with Crippen molar-refractivity contribution in [3.05, 3.63) is 29.8 Å². The molecule has 0 unspecified atom stereocenters. The second-order valence-corrected chi connectivity index (χ2v) is 2.98. The fourth-order valence-electron chi connectivity index (χ4n) is 1.12. The van der Waals surface area contributed by atoms with E-state index >= 15 is 0 Å². The molecular formula is C12H11NO3. The van der Waals surface area contributed by atoms with Gasteiger partial charge in [-0.3, -0.25) is 9.59 Å². The van der Waals surface area contributed by atoms with Crippen molar-refractivity contribution in [3.8, 4) is 18.1 Å². The molecule has 0 fully saturated rings. The SMILES string of the molecule is C#CCNC(=O)c1ccccc1OC(C)=O. The van der Waals surface area contributed by atoms with E-state index in [4.69, 9.17) is 11.2 Å². The van der Waals surface area contributed by atoms with Crippen molar-refractivity contribution < 1.29 is 14.3 Å². The molecule has 0 aliphatic heterocycles. The molecule has 0 bridgehead atoms. The molecule has 82 valence electrons. The lowest BCUT2D eigenvalue weighted by atomic mass is 10.2. The summed E-state index contributed by atoms with van der Waals surface area (Å²) in [5.74, 6) is 1.67. The van der Waals surface area contributed by atoms with Crippen LogP contribution < -0.4 is 10.1 Å². The topological polar surface area (TPSA) is 55.4 Å². The summed E-state index contributed by atoms with van der Waals surface area (Å²) in [5.41, 5.74) is 0.285. The molecule has 1 N–H and O–H groups in total. The first kappa shape index (κ1) is 11.8. The number of amides is 1. The molecule has 0 spiro atoms. The normalized spacial score (nSPS) is 9.00. The van der Waals surface area contributed by atoms with E-state index in [2.05, 4.69) is 11.2 Å². The summed E-state index contributed by atoms with van der Waals surface area (Å²) in [6, 6.07) is 6.46. The van der Waals surface area contributed by atoms with Crippen molar-refractivity contribution in [1.29, 1.82) is 0 Å². The summed E-state index contributed by atoms with van der Waals surface area (Å²) in [7, 11) is 0. The fourth-order valence-corrected chi connectivity index (χ4v) is 1.12. The van der Waals surface area contributed by atoms with Crippen LogP contribution in [0.5, 0.6) is 5.75 Å². The van der Waals surface area contributed by atoms with Crippen molar-refractivity contribution in [2.24, 2.45) is 0 Å². The van der Waals surface area contributed by atoms with Gasteiger partial charge in [-0.25, -0.2) is 0 Å². The predicted octanol–water partition coefficient (Wildman–Crippen LogP) is 0.975. The summed E-state index contributed by atoms with van der Waals surface area (Å²) in [4.78, 5) is 22.4. The average molecular weight is 217 g/mol. The number of terminal acetylenes is 1. The van der Waals surface area contributed by atoms with Gasteiger partial charge < -0.3 is 10.1 Å². The highest BCUT2D eigenvalue weighted by atomic mass is 16.5. The van der Waals surface area contributed by atoms with Gasteiger partial charge in [0.1, 0.15) is 5.75 Å². The summed E-state index contributed by atoms with van der Waals surface area (Å²) < 4.78 is 4.90. The number of esters is 1. The first-order valence-corrected chi connectivity index (χ1v) is 4.64. The molecule has 1 aromatic carbocycles. The largest absolute Gasteiger partial charge is 0.426 e. The number of carbonyl (C=O) groups is 2. The maximum atomic E-state index is 11.6. The Bertz CT molecular complexity index is 446. The molecule has 0 saturated carbocycles. The number of nitrogens with one attached hydrogen (secondary N) is 1. The molecule has 0 aliphatic carbocycles. The Labute approximate surface area is 93.6 Å². The van der Waals surface area contributed by atoms with Gasteiger partial charge in [0.05, 0.1) is 12.1 Å². The molecule has 0 heterocycles. The van der Waals surface area contributed by atoms with Crippen LogP contribution in [0.15, 0.2) is 24.3 Å². The van der Waals surface area contributed by atoms with Gasteiger partial charge in [0.2, 0.25) is 0 Å². The third-order valence-electron chi connectivity index (χ3n) is 1.74. The van der Waals surface area contributed by atoms with Gasteiger partial charge in [-0.2, -0.15) is 0 Å². The van der Waals surface area contributed by atoms with Crippen molar-refractivity contribution >= 4 is 11.9 Å². The van der Waals surface area contributed by atoms with Crippen LogP contribution in [0, 0.1) is 12.3 Å². The van der Waals surface area contributed by atoms with E-state index < -0.39 is 5.97 Å². The Balaban J connectivity index is 2.90. The van der Waals surface area contributed by atoms with Crippen molar-refractivity contribution in [2.75, 3.05) is 6.54 Å². The first-order valence-electron chi connectivity index (χ1n) is 4.64. The Morgan fingerprint density at radius 3 is 2.75 bits per heavy atom. The lowest BCUT2D eigenvalue weighted by molar-refractivity contribution is -0.131. The van der Waals surface area contributed by atoms with Crippen molar-refractivity contribution in [3.63, 3.8) is 0 Å². The van der Waals surface area contributed by atoms with Crippen molar-refractivity contribution in [1.82, 2.24) is 5.32 Å². The predicted molar refractivity (Wildman–Crippen MR) is 58.9 cm³/mol. The molecule has 0 saturated heterocycles. The minimum Gasteiger partial charge on any atom is -0.426 e. The van der Waals surface area contributed by atoms with Gasteiger partial charge in [-0.15, -0.1) is 6.42 Å². The lowest BCUT2D eigenvalue weighted by Gasteiger charge is -2.07. The summed E-state index contributed by atoms with van der Waals surface area (Å²) in [5, 5.41) is 2.50. The van der Waals surface area contributed by atoms with E-state index in [-0.39, 0.29) is 23.8 Å². The van der Waals surface area contributed by atoms with Gasteiger partial charge in [0, 0.05) is 6.92 Å². The zero-order chi connectivity index (χ0) is 12.0. The highest BCUT2D eigenvalue weighted by Crippen LogP contribution is 2.17. The number of hydrogen-bond donors (Lipinski definition) is 1. The molecule has 4 nitrogen and oxygen atoms in total. The molecule has 4 heteroatoms. The van der Waals surface area contributed by atoms with Gasteiger partial charge in [0.15, 0.2) is 0 Å². The van der Waals surface area contributed by atoms with E-state index in [0.717, 1.165) is 0 Å². The molecule has 1 rings (SSSR count). The Morgan fingerprint density at radius 2 is 2.12 bits per heavy atom. The summed E-state index contributed by atoms with van der Waals surface area (Å²) >= 11 is 0.